The second-order valence-corrected chi connectivity index (χ2v) is 5.45. The maximum Gasteiger partial charge on any atom is 0.119 e. The van der Waals surface area contributed by atoms with E-state index in [4.69, 9.17) is 10.5 Å². The van der Waals surface area contributed by atoms with Crippen molar-refractivity contribution in [2.45, 2.75) is 26.3 Å². The zero-order chi connectivity index (χ0) is 14.7. The minimum absolute atomic E-state index is 0. The van der Waals surface area contributed by atoms with Crippen molar-refractivity contribution >= 4 is 23.8 Å². The molecule has 0 bridgehead atoms. The summed E-state index contributed by atoms with van der Waals surface area (Å²) >= 11 is 0. The molecule has 2 N–H and O–H groups in total. The molecule has 0 spiro atoms. The van der Waals surface area contributed by atoms with Crippen LogP contribution in [-0.2, 0) is 13.0 Å². The third-order valence-corrected chi connectivity index (χ3v) is 3.99. The summed E-state index contributed by atoms with van der Waals surface area (Å²) in [4.78, 5) is 2.42. The van der Waals surface area contributed by atoms with Crippen LogP contribution in [0, 0.1) is 0 Å². The fraction of sp³-hybridized carbons (Fsp3) is 0.333. The van der Waals surface area contributed by atoms with Crippen molar-refractivity contribution in [2.24, 2.45) is 0 Å². The molecule has 2 aromatic rings. The maximum absolute atomic E-state index is 6.11. The lowest BCUT2D eigenvalue weighted by Crippen LogP contribution is -2.29. The van der Waals surface area contributed by atoms with E-state index in [2.05, 4.69) is 23.1 Å². The third kappa shape index (κ3) is 3.47. The molecule has 0 radical (unpaired) electrons. The minimum atomic E-state index is 0. The summed E-state index contributed by atoms with van der Waals surface area (Å²) in [5, 5.41) is 0. The van der Waals surface area contributed by atoms with Gasteiger partial charge in [0, 0.05) is 24.5 Å². The van der Waals surface area contributed by atoms with Crippen molar-refractivity contribution in [1.29, 1.82) is 0 Å². The summed E-state index contributed by atoms with van der Waals surface area (Å²) in [7, 11) is 0. The first kappa shape index (κ1) is 16.5. The second-order valence-electron chi connectivity index (χ2n) is 5.45. The lowest BCUT2D eigenvalue weighted by Gasteiger charge is -2.32. The van der Waals surface area contributed by atoms with Gasteiger partial charge in [0.1, 0.15) is 5.75 Å². The SMILES string of the molecule is CCOc1ccc(CN2CCCc3c(N)cccc32)cc1.Cl. The molecule has 3 rings (SSSR count). The Labute approximate surface area is 138 Å². The number of halogens is 1. The number of nitrogens with zero attached hydrogens (tertiary/aromatic N) is 1. The summed E-state index contributed by atoms with van der Waals surface area (Å²) in [5.74, 6) is 0.935. The molecule has 0 aromatic heterocycles. The average molecular weight is 319 g/mol. The van der Waals surface area contributed by atoms with Crippen molar-refractivity contribution < 1.29 is 4.74 Å². The summed E-state index contributed by atoms with van der Waals surface area (Å²) in [5.41, 5.74) is 10.9. The Morgan fingerprint density at radius 1 is 1.14 bits per heavy atom. The first-order valence-corrected chi connectivity index (χ1v) is 7.62. The van der Waals surface area contributed by atoms with Gasteiger partial charge in [0.05, 0.1) is 6.61 Å². The van der Waals surface area contributed by atoms with E-state index in [0.29, 0.717) is 6.61 Å². The Morgan fingerprint density at radius 2 is 1.91 bits per heavy atom. The van der Waals surface area contributed by atoms with Crippen LogP contribution < -0.4 is 15.4 Å². The molecule has 118 valence electrons. The zero-order valence-corrected chi connectivity index (χ0v) is 13.7. The van der Waals surface area contributed by atoms with Gasteiger partial charge in [0.2, 0.25) is 0 Å². The molecule has 0 unspecified atom stereocenters. The van der Waals surface area contributed by atoms with E-state index in [1.807, 2.05) is 31.2 Å². The van der Waals surface area contributed by atoms with Crippen molar-refractivity contribution in [3.8, 4) is 5.75 Å². The molecule has 4 heteroatoms. The van der Waals surface area contributed by atoms with Crippen LogP contribution in [0.3, 0.4) is 0 Å². The molecule has 0 atom stereocenters. The summed E-state index contributed by atoms with van der Waals surface area (Å²) in [6.45, 7) is 4.72. The topological polar surface area (TPSA) is 38.5 Å². The fourth-order valence-electron chi connectivity index (χ4n) is 2.97. The number of nitrogens with two attached hydrogens (primary N) is 1. The Balaban J connectivity index is 0.00000176. The monoisotopic (exact) mass is 318 g/mol. The van der Waals surface area contributed by atoms with E-state index < -0.39 is 0 Å². The highest BCUT2D eigenvalue weighted by Crippen LogP contribution is 2.32. The maximum atomic E-state index is 6.11. The van der Waals surface area contributed by atoms with Gasteiger partial charge in [-0.3, -0.25) is 0 Å². The van der Waals surface area contributed by atoms with Crippen LogP contribution in [0.25, 0.3) is 0 Å². The molecule has 1 heterocycles. The Bertz CT molecular complexity index is 613. The van der Waals surface area contributed by atoms with Crippen LogP contribution >= 0.6 is 12.4 Å². The molecule has 0 fully saturated rings. The van der Waals surface area contributed by atoms with Crippen LogP contribution in [0.2, 0.25) is 0 Å². The highest BCUT2D eigenvalue weighted by Gasteiger charge is 2.18. The van der Waals surface area contributed by atoms with Crippen LogP contribution in [0.15, 0.2) is 42.5 Å². The number of hydrogen-bond donors (Lipinski definition) is 1. The molecule has 0 aliphatic carbocycles. The number of anilines is 2. The Kier molecular flexibility index (Phi) is 5.56. The fourth-order valence-corrected chi connectivity index (χ4v) is 2.97. The molecule has 0 amide bonds. The molecule has 0 saturated heterocycles. The van der Waals surface area contributed by atoms with Gasteiger partial charge in [0.25, 0.3) is 0 Å². The van der Waals surface area contributed by atoms with E-state index >= 15 is 0 Å². The van der Waals surface area contributed by atoms with Crippen LogP contribution in [0.5, 0.6) is 5.75 Å². The standard InChI is InChI=1S/C18H22N2O.ClH/c1-2-21-15-10-8-14(9-11-15)13-20-12-4-5-16-17(19)6-3-7-18(16)20;/h3,6-11H,2,4-5,12-13,19H2,1H3;1H. The second kappa shape index (κ2) is 7.41. The highest BCUT2D eigenvalue weighted by molar-refractivity contribution is 5.85. The zero-order valence-electron chi connectivity index (χ0n) is 12.9. The van der Waals surface area contributed by atoms with Gasteiger partial charge < -0.3 is 15.4 Å². The minimum Gasteiger partial charge on any atom is -0.494 e. The van der Waals surface area contributed by atoms with Gasteiger partial charge in [-0.2, -0.15) is 0 Å². The van der Waals surface area contributed by atoms with E-state index in [1.54, 1.807) is 0 Å². The lowest BCUT2D eigenvalue weighted by molar-refractivity contribution is 0.340. The van der Waals surface area contributed by atoms with Crippen molar-refractivity contribution in [1.82, 2.24) is 0 Å². The van der Waals surface area contributed by atoms with Gasteiger partial charge in [0.15, 0.2) is 0 Å². The van der Waals surface area contributed by atoms with Gasteiger partial charge in [-0.05, 0) is 55.2 Å². The van der Waals surface area contributed by atoms with Gasteiger partial charge in [-0.15, -0.1) is 12.4 Å². The quantitative estimate of drug-likeness (QED) is 0.865. The van der Waals surface area contributed by atoms with Crippen LogP contribution in [-0.4, -0.2) is 13.2 Å². The van der Waals surface area contributed by atoms with E-state index in [1.165, 1.54) is 16.8 Å². The number of rotatable bonds is 4. The van der Waals surface area contributed by atoms with Gasteiger partial charge in [-0.1, -0.05) is 18.2 Å². The van der Waals surface area contributed by atoms with Crippen LogP contribution in [0.1, 0.15) is 24.5 Å². The first-order chi connectivity index (χ1) is 10.3. The van der Waals surface area contributed by atoms with E-state index in [0.717, 1.165) is 37.4 Å². The van der Waals surface area contributed by atoms with Gasteiger partial charge >= 0.3 is 0 Å². The predicted molar refractivity (Wildman–Crippen MR) is 95.1 cm³/mol. The van der Waals surface area contributed by atoms with E-state index in [-0.39, 0.29) is 12.4 Å². The number of hydrogen-bond acceptors (Lipinski definition) is 3. The van der Waals surface area contributed by atoms with Crippen molar-refractivity contribution in [3.63, 3.8) is 0 Å². The molecule has 1 aliphatic heterocycles. The number of benzene rings is 2. The molecule has 22 heavy (non-hydrogen) atoms. The van der Waals surface area contributed by atoms with Crippen molar-refractivity contribution in [3.05, 3.63) is 53.6 Å². The smallest absolute Gasteiger partial charge is 0.119 e. The molecule has 2 aromatic carbocycles. The third-order valence-electron chi connectivity index (χ3n) is 3.99. The molecule has 0 saturated carbocycles. The van der Waals surface area contributed by atoms with Crippen molar-refractivity contribution in [2.75, 3.05) is 23.8 Å². The normalized spacial score (nSPS) is 13.2. The highest BCUT2D eigenvalue weighted by atomic mass is 35.5. The van der Waals surface area contributed by atoms with Gasteiger partial charge in [-0.25, -0.2) is 0 Å². The summed E-state index contributed by atoms with van der Waals surface area (Å²) in [6, 6.07) is 14.6. The Morgan fingerprint density at radius 3 is 2.64 bits per heavy atom. The van der Waals surface area contributed by atoms with E-state index in [9.17, 15) is 0 Å². The molecule has 3 nitrogen and oxygen atoms in total. The first-order valence-electron chi connectivity index (χ1n) is 7.62. The predicted octanol–water partition coefficient (Wildman–Crippen LogP) is 4.04. The summed E-state index contributed by atoms with van der Waals surface area (Å²) in [6.07, 6.45) is 2.25. The molecular weight excluding hydrogens is 296 g/mol. The van der Waals surface area contributed by atoms with Crippen LogP contribution in [0.4, 0.5) is 11.4 Å². The summed E-state index contributed by atoms with van der Waals surface area (Å²) < 4.78 is 5.49. The molecule has 1 aliphatic rings. The largest absolute Gasteiger partial charge is 0.494 e. The number of ether oxygens (including phenoxy) is 1. The number of fused-ring (bicyclic) bond motifs is 1. The average Bonchev–Trinajstić information content (AvgIpc) is 2.51. The Hall–Kier alpha value is -1.87. The lowest BCUT2D eigenvalue weighted by atomic mass is 9.99. The molecular formula is C18H23ClN2O. The number of nitrogen functional groups attached to an aromatic ring is 1.